The SMILES string of the molecule is CCC1(Oc2ccc3nn(COCC[Si](C)(C)C)c(-c4cc(N5CCO[C@H](C)C5)ncn4)c3c2)COC1. The maximum Gasteiger partial charge on any atom is 0.155 e. The van der Waals surface area contributed by atoms with Gasteiger partial charge in [0.2, 0.25) is 0 Å². The third-order valence-corrected chi connectivity index (χ3v) is 8.79. The van der Waals surface area contributed by atoms with Gasteiger partial charge in [0.25, 0.3) is 0 Å². The summed E-state index contributed by atoms with van der Waals surface area (Å²) in [7, 11) is -1.19. The lowest BCUT2D eigenvalue weighted by Gasteiger charge is -2.40. The van der Waals surface area contributed by atoms with Crippen LogP contribution in [-0.4, -0.2) is 79.0 Å². The van der Waals surface area contributed by atoms with E-state index in [4.69, 9.17) is 24.0 Å². The number of anilines is 1. The van der Waals surface area contributed by atoms with Crippen molar-refractivity contribution in [1.82, 2.24) is 19.7 Å². The maximum atomic E-state index is 6.42. The van der Waals surface area contributed by atoms with E-state index in [1.54, 1.807) is 6.33 Å². The summed E-state index contributed by atoms with van der Waals surface area (Å²) in [4.78, 5) is 11.5. The number of benzene rings is 1. The fraction of sp³-hybridized carbons (Fsp3) is 0.593. The highest BCUT2D eigenvalue weighted by atomic mass is 28.3. The predicted octanol–water partition coefficient (Wildman–Crippen LogP) is 4.59. The molecule has 2 aromatic heterocycles. The minimum atomic E-state index is -1.19. The Hall–Kier alpha value is -2.53. The van der Waals surface area contributed by atoms with Gasteiger partial charge in [0.05, 0.1) is 42.8 Å². The number of rotatable bonds is 10. The van der Waals surface area contributed by atoms with E-state index in [1.165, 1.54) is 0 Å². The van der Waals surface area contributed by atoms with Crippen LogP contribution in [0.2, 0.25) is 25.7 Å². The van der Waals surface area contributed by atoms with E-state index in [0.29, 0.717) is 26.6 Å². The molecule has 0 saturated carbocycles. The van der Waals surface area contributed by atoms with Gasteiger partial charge in [-0.25, -0.2) is 14.6 Å². The number of hydrogen-bond donors (Lipinski definition) is 0. The molecule has 0 bridgehead atoms. The van der Waals surface area contributed by atoms with Crippen molar-refractivity contribution in [3.63, 3.8) is 0 Å². The van der Waals surface area contributed by atoms with Gasteiger partial charge >= 0.3 is 0 Å². The van der Waals surface area contributed by atoms with E-state index in [2.05, 4.69) is 54.4 Å². The Bertz CT molecular complexity index is 1220. The Morgan fingerprint density at radius 2 is 2.00 bits per heavy atom. The van der Waals surface area contributed by atoms with Crippen LogP contribution in [0, 0.1) is 0 Å². The molecule has 37 heavy (non-hydrogen) atoms. The van der Waals surface area contributed by atoms with Crippen molar-refractivity contribution >= 4 is 24.8 Å². The van der Waals surface area contributed by atoms with Crippen LogP contribution in [0.3, 0.4) is 0 Å². The van der Waals surface area contributed by atoms with Gasteiger partial charge in [-0.2, -0.15) is 5.10 Å². The van der Waals surface area contributed by atoms with E-state index in [9.17, 15) is 0 Å². The maximum absolute atomic E-state index is 6.42. The van der Waals surface area contributed by atoms with E-state index >= 15 is 0 Å². The molecule has 200 valence electrons. The van der Waals surface area contributed by atoms with Crippen molar-refractivity contribution in [1.29, 1.82) is 0 Å². The van der Waals surface area contributed by atoms with E-state index < -0.39 is 8.07 Å². The predicted molar refractivity (Wildman–Crippen MR) is 147 cm³/mol. The molecular formula is C27H39N5O4Si. The van der Waals surface area contributed by atoms with Crippen molar-refractivity contribution in [2.45, 2.75) is 64.4 Å². The van der Waals surface area contributed by atoms with Crippen LogP contribution in [0.25, 0.3) is 22.3 Å². The summed E-state index contributed by atoms with van der Waals surface area (Å²) in [6.07, 6.45) is 2.70. The summed E-state index contributed by atoms with van der Waals surface area (Å²) in [5.41, 5.74) is 2.36. The van der Waals surface area contributed by atoms with Crippen LogP contribution in [0.15, 0.2) is 30.6 Å². The van der Waals surface area contributed by atoms with Gasteiger partial charge in [-0.1, -0.05) is 26.6 Å². The number of aromatic nitrogens is 4. The zero-order valence-electron chi connectivity index (χ0n) is 22.7. The van der Waals surface area contributed by atoms with Gasteiger partial charge in [0.15, 0.2) is 5.60 Å². The highest BCUT2D eigenvalue weighted by Gasteiger charge is 2.39. The normalized spacial score (nSPS) is 19.7. The first-order valence-electron chi connectivity index (χ1n) is 13.3. The second kappa shape index (κ2) is 10.7. The first kappa shape index (κ1) is 26.1. The van der Waals surface area contributed by atoms with Crippen LogP contribution >= 0.6 is 0 Å². The molecule has 0 unspecified atom stereocenters. The van der Waals surface area contributed by atoms with Gasteiger partial charge in [0.1, 0.15) is 24.6 Å². The molecule has 2 aliphatic heterocycles. The van der Waals surface area contributed by atoms with Crippen LogP contribution in [0.5, 0.6) is 5.75 Å². The van der Waals surface area contributed by atoms with Gasteiger partial charge in [-0.3, -0.25) is 0 Å². The van der Waals surface area contributed by atoms with E-state index in [1.807, 2.05) is 22.9 Å². The minimum absolute atomic E-state index is 0.166. The van der Waals surface area contributed by atoms with Gasteiger partial charge in [0, 0.05) is 39.2 Å². The molecule has 10 heteroatoms. The summed E-state index contributed by atoms with van der Waals surface area (Å²) in [5.74, 6) is 1.71. The lowest BCUT2D eigenvalue weighted by Crippen LogP contribution is -2.53. The summed E-state index contributed by atoms with van der Waals surface area (Å²) >= 11 is 0. The Balaban J connectivity index is 1.49. The first-order valence-corrected chi connectivity index (χ1v) is 17.0. The highest BCUT2D eigenvalue weighted by Crippen LogP contribution is 2.35. The van der Waals surface area contributed by atoms with E-state index in [0.717, 1.165) is 66.0 Å². The van der Waals surface area contributed by atoms with Crippen molar-refractivity contribution < 1.29 is 18.9 Å². The van der Waals surface area contributed by atoms with Gasteiger partial charge in [-0.15, -0.1) is 0 Å². The average Bonchev–Trinajstić information content (AvgIpc) is 3.21. The lowest BCUT2D eigenvalue weighted by molar-refractivity contribution is -0.162. The molecule has 2 saturated heterocycles. The summed E-state index contributed by atoms with van der Waals surface area (Å²) in [6, 6.07) is 9.24. The Kier molecular flexibility index (Phi) is 7.53. The molecule has 0 N–H and O–H groups in total. The third-order valence-electron chi connectivity index (χ3n) is 7.09. The van der Waals surface area contributed by atoms with E-state index in [-0.39, 0.29) is 11.7 Å². The molecular weight excluding hydrogens is 486 g/mol. The fourth-order valence-electron chi connectivity index (χ4n) is 4.66. The molecule has 5 rings (SSSR count). The molecule has 0 aliphatic carbocycles. The molecule has 0 radical (unpaired) electrons. The smallest absolute Gasteiger partial charge is 0.155 e. The van der Waals surface area contributed by atoms with Gasteiger partial charge < -0.3 is 23.8 Å². The molecule has 2 aliphatic rings. The zero-order chi connectivity index (χ0) is 26.0. The van der Waals surface area contributed by atoms with Crippen molar-refractivity contribution in [3.8, 4) is 17.1 Å². The molecule has 9 nitrogen and oxygen atoms in total. The van der Waals surface area contributed by atoms with Crippen molar-refractivity contribution in [2.75, 3.05) is 44.4 Å². The van der Waals surface area contributed by atoms with Crippen LogP contribution in [0.1, 0.15) is 20.3 Å². The number of hydrogen-bond acceptors (Lipinski definition) is 8. The molecule has 0 spiro atoms. The molecule has 4 heterocycles. The van der Waals surface area contributed by atoms with Gasteiger partial charge in [-0.05, 0) is 37.6 Å². The highest BCUT2D eigenvalue weighted by molar-refractivity contribution is 6.76. The number of nitrogens with zero attached hydrogens (tertiary/aromatic N) is 5. The molecule has 0 amide bonds. The zero-order valence-corrected chi connectivity index (χ0v) is 23.7. The topological polar surface area (TPSA) is 83.8 Å². The number of fused-ring (bicyclic) bond motifs is 1. The average molecular weight is 526 g/mol. The summed E-state index contributed by atoms with van der Waals surface area (Å²) in [5, 5.41) is 5.88. The fourth-order valence-corrected chi connectivity index (χ4v) is 5.42. The Labute approximate surface area is 220 Å². The summed E-state index contributed by atoms with van der Waals surface area (Å²) in [6.45, 7) is 15.9. The number of morpholine rings is 1. The van der Waals surface area contributed by atoms with Crippen molar-refractivity contribution in [2.24, 2.45) is 0 Å². The number of ether oxygens (including phenoxy) is 4. The molecule has 1 atom stereocenters. The monoisotopic (exact) mass is 525 g/mol. The second-order valence-corrected chi connectivity index (χ2v) is 17.0. The molecule has 3 aromatic rings. The van der Waals surface area contributed by atoms with Crippen LogP contribution < -0.4 is 9.64 Å². The molecule has 1 aromatic carbocycles. The second-order valence-electron chi connectivity index (χ2n) is 11.4. The third kappa shape index (κ3) is 5.98. The molecule has 2 fully saturated rings. The minimum Gasteiger partial charge on any atom is -0.482 e. The van der Waals surface area contributed by atoms with Crippen molar-refractivity contribution in [3.05, 3.63) is 30.6 Å². The van der Waals surface area contributed by atoms with Crippen LogP contribution in [0.4, 0.5) is 5.82 Å². The first-order chi connectivity index (χ1) is 17.8. The Morgan fingerprint density at radius 1 is 1.16 bits per heavy atom. The standard InChI is InChI=1S/C27H39N5O4Si/c1-6-27(16-34-17-27)36-21-7-8-23-22(13-21)26(32(30-23)19-33-11-12-37(3,4)5)24-14-25(29-18-28-24)31-9-10-35-20(2)15-31/h7-8,13-14,18,20H,6,9-12,15-17,19H2,1-5H3/t20-/m1/s1. The largest absolute Gasteiger partial charge is 0.482 e. The quantitative estimate of drug-likeness (QED) is 0.281. The Morgan fingerprint density at radius 3 is 2.70 bits per heavy atom. The summed E-state index contributed by atoms with van der Waals surface area (Å²) < 4.78 is 25.6. The lowest BCUT2D eigenvalue weighted by atomic mass is 9.98. The van der Waals surface area contributed by atoms with Crippen LogP contribution in [-0.2, 0) is 20.9 Å².